The third-order valence-corrected chi connectivity index (χ3v) is 4.20. The van der Waals surface area contributed by atoms with E-state index in [1.165, 1.54) is 4.57 Å². The molecule has 0 spiro atoms. The summed E-state index contributed by atoms with van der Waals surface area (Å²) in [6.07, 6.45) is -2.83. The molecule has 126 valence electrons. The monoisotopic (exact) mass is 355 g/mol. The number of halogens is 3. The number of para-hydroxylation sites is 2. The van der Waals surface area contributed by atoms with Crippen molar-refractivity contribution in [2.75, 3.05) is 5.75 Å². The lowest BCUT2D eigenvalue weighted by molar-refractivity contribution is -0.141. The summed E-state index contributed by atoms with van der Waals surface area (Å²) in [6, 6.07) is 7.90. The highest BCUT2D eigenvalue weighted by molar-refractivity contribution is 7.99. The van der Waals surface area contributed by atoms with Crippen molar-refractivity contribution in [2.45, 2.75) is 24.3 Å². The minimum Gasteiger partial charge on any atom is -0.408 e. The van der Waals surface area contributed by atoms with E-state index in [2.05, 4.69) is 9.97 Å². The van der Waals surface area contributed by atoms with Gasteiger partial charge in [0.25, 0.3) is 0 Å². The Morgan fingerprint density at radius 3 is 2.79 bits per heavy atom. The molecule has 0 bridgehead atoms. The number of nitrogens with zero attached hydrogens (tertiary/aromatic N) is 3. The van der Waals surface area contributed by atoms with Gasteiger partial charge in [0.1, 0.15) is 5.69 Å². The van der Waals surface area contributed by atoms with Gasteiger partial charge < -0.3 is 4.42 Å². The summed E-state index contributed by atoms with van der Waals surface area (Å²) in [6.45, 7) is 0.405. The van der Waals surface area contributed by atoms with E-state index in [9.17, 15) is 18.0 Å². The molecule has 0 atom stereocenters. The van der Waals surface area contributed by atoms with Gasteiger partial charge >= 0.3 is 11.9 Å². The predicted octanol–water partition coefficient (Wildman–Crippen LogP) is 3.59. The summed E-state index contributed by atoms with van der Waals surface area (Å²) in [7, 11) is 0. The number of alkyl halides is 3. The van der Waals surface area contributed by atoms with Gasteiger partial charge in [-0.1, -0.05) is 23.9 Å². The normalized spacial score (nSPS) is 12.0. The standard InChI is InChI=1S/C15H12F3N3O2S/c16-15(17,18)12-6-7-19-13(20-12)24-9-3-8-21-10-4-1-2-5-11(10)23-14(21)22/h1-2,4-7H,3,8-9H2. The van der Waals surface area contributed by atoms with Gasteiger partial charge in [0.2, 0.25) is 0 Å². The molecule has 5 nitrogen and oxygen atoms in total. The van der Waals surface area contributed by atoms with Gasteiger partial charge in [-0.2, -0.15) is 13.2 Å². The molecule has 0 saturated heterocycles. The summed E-state index contributed by atoms with van der Waals surface area (Å²) < 4.78 is 44.4. The molecule has 1 aromatic carbocycles. The largest absolute Gasteiger partial charge is 0.433 e. The zero-order valence-electron chi connectivity index (χ0n) is 12.3. The van der Waals surface area contributed by atoms with Crippen LogP contribution in [0.5, 0.6) is 0 Å². The lowest BCUT2D eigenvalue weighted by Crippen LogP contribution is -2.14. The minimum absolute atomic E-state index is 0.0641. The number of thioether (sulfide) groups is 1. The molecule has 24 heavy (non-hydrogen) atoms. The van der Waals surface area contributed by atoms with Crippen LogP contribution >= 0.6 is 11.8 Å². The van der Waals surface area contributed by atoms with E-state index in [0.717, 1.165) is 24.0 Å². The summed E-state index contributed by atoms with van der Waals surface area (Å²) in [5, 5.41) is 0.0641. The van der Waals surface area contributed by atoms with Crippen molar-refractivity contribution in [3.63, 3.8) is 0 Å². The van der Waals surface area contributed by atoms with Crippen molar-refractivity contribution in [3.8, 4) is 0 Å². The first-order valence-electron chi connectivity index (χ1n) is 7.06. The van der Waals surface area contributed by atoms with E-state index < -0.39 is 17.6 Å². The van der Waals surface area contributed by atoms with Crippen LogP contribution in [0.1, 0.15) is 12.1 Å². The maximum Gasteiger partial charge on any atom is 0.433 e. The van der Waals surface area contributed by atoms with Crippen molar-refractivity contribution < 1.29 is 17.6 Å². The van der Waals surface area contributed by atoms with E-state index in [0.29, 0.717) is 29.8 Å². The SMILES string of the molecule is O=c1oc2ccccc2n1CCCSc1nccc(C(F)(F)F)n1. The molecule has 2 aromatic heterocycles. The summed E-state index contributed by atoms with van der Waals surface area (Å²) >= 11 is 1.12. The van der Waals surface area contributed by atoms with Gasteiger partial charge in [-0.3, -0.25) is 4.57 Å². The predicted molar refractivity (Wildman–Crippen MR) is 82.8 cm³/mol. The molecule has 3 aromatic rings. The zero-order valence-corrected chi connectivity index (χ0v) is 13.1. The van der Waals surface area contributed by atoms with Gasteiger partial charge in [0.05, 0.1) is 5.52 Å². The molecule has 9 heteroatoms. The van der Waals surface area contributed by atoms with Crippen LogP contribution in [0.4, 0.5) is 13.2 Å². The van der Waals surface area contributed by atoms with Gasteiger partial charge in [0, 0.05) is 18.5 Å². The summed E-state index contributed by atoms with van der Waals surface area (Å²) in [5.74, 6) is 0.0318. The number of aromatic nitrogens is 3. The first kappa shape index (κ1) is 16.6. The minimum atomic E-state index is -4.48. The van der Waals surface area contributed by atoms with Crippen molar-refractivity contribution in [1.29, 1.82) is 0 Å². The Balaban J connectivity index is 1.61. The highest BCUT2D eigenvalue weighted by Gasteiger charge is 2.32. The van der Waals surface area contributed by atoms with Crippen molar-refractivity contribution in [3.05, 3.63) is 52.8 Å². The van der Waals surface area contributed by atoms with E-state index >= 15 is 0 Å². The zero-order chi connectivity index (χ0) is 17.2. The average molecular weight is 355 g/mol. The molecule has 0 fully saturated rings. The third kappa shape index (κ3) is 3.61. The molecule has 2 heterocycles. The van der Waals surface area contributed by atoms with E-state index in [1.54, 1.807) is 24.3 Å². The molecule has 0 unspecified atom stereocenters. The first-order valence-corrected chi connectivity index (χ1v) is 8.05. The van der Waals surface area contributed by atoms with Crippen molar-refractivity contribution in [1.82, 2.24) is 14.5 Å². The molecule has 0 radical (unpaired) electrons. The second kappa shape index (κ2) is 6.68. The highest BCUT2D eigenvalue weighted by Crippen LogP contribution is 2.28. The van der Waals surface area contributed by atoms with Gasteiger partial charge in [-0.15, -0.1) is 0 Å². The highest BCUT2D eigenvalue weighted by atomic mass is 32.2. The van der Waals surface area contributed by atoms with E-state index in [4.69, 9.17) is 4.42 Å². The molecule has 0 amide bonds. The smallest absolute Gasteiger partial charge is 0.408 e. The van der Waals surface area contributed by atoms with Crippen LogP contribution in [0.2, 0.25) is 0 Å². The van der Waals surface area contributed by atoms with Crippen LogP contribution < -0.4 is 5.76 Å². The Morgan fingerprint density at radius 1 is 1.21 bits per heavy atom. The van der Waals surface area contributed by atoms with Crippen molar-refractivity contribution >= 4 is 22.9 Å². The number of benzene rings is 1. The third-order valence-electron chi connectivity index (χ3n) is 3.25. The van der Waals surface area contributed by atoms with Gasteiger partial charge in [-0.05, 0) is 24.6 Å². The lowest BCUT2D eigenvalue weighted by atomic mass is 10.3. The lowest BCUT2D eigenvalue weighted by Gasteiger charge is -2.06. The Hall–Kier alpha value is -2.29. The number of rotatable bonds is 5. The Kier molecular flexibility index (Phi) is 4.61. The molecule has 0 aliphatic carbocycles. The van der Waals surface area contributed by atoms with Crippen LogP contribution in [0, 0.1) is 0 Å². The molecule has 0 N–H and O–H groups in total. The van der Waals surface area contributed by atoms with Crippen molar-refractivity contribution in [2.24, 2.45) is 0 Å². The Bertz CT molecular complexity index is 905. The first-order chi connectivity index (χ1) is 11.4. The number of hydrogen-bond donors (Lipinski definition) is 0. The van der Waals surface area contributed by atoms with E-state index in [-0.39, 0.29) is 5.16 Å². The fourth-order valence-corrected chi connectivity index (χ4v) is 2.93. The second-order valence-electron chi connectivity index (χ2n) is 4.91. The number of aryl methyl sites for hydroxylation is 1. The number of hydrogen-bond acceptors (Lipinski definition) is 5. The number of fused-ring (bicyclic) bond motifs is 1. The Morgan fingerprint density at radius 2 is 2.00 bits per heavy atom. The fourth-order valence-electron chi connectivity index (χ4n) is 2.18. The second-order valence-corrected chi connectivity index (χ2v) is 5.97. The average Bonchev–Trinajstić information content (AvgIpc) is 2.87. The summed E-state index contributed by atoms with van der Waals surface area (Å²) in [4.78, 5) is 19.1. The fraction of sp³-hybridized carbons (Fsp3) is 0.267. The molecular weight excluding hydrogens is 343 g/mol. The molecule has 0 saturated carbocycles. The van der Waals surface area contributed by atoms with Crippen LogP contribution in [0.15, 0.2) is 50.9 Å². The molecule has 0 aliphatic heterocycles. The topological polar surface area (TPSA) is 60.9 Å². The van der Waals surface area contributed by atoms with E-state index in [1.807, 2.05) is 0 Å². The van der Waals surface area contributed by atoms with Crippen LogP contribution in [0.3, 0.4) is 0 Å². The molecule has 3 rings (SSSR count). The molecular formula is C15H12F3N3O2S. The molecule has 0 aliphatic rings. The Labute approximate surface area is 138 Å². The summed E-state index contributed by atoms with van der Waals surface area (Å²) in [5.41, 5.74) is 0.247. The number of oxazole rings is 1. The maximum atomic E-state index is 12.6. The van der Waals surface area contributed by atoms with Crippen LogP contribution in [0.25, 0.3) is 11.1 Å². The maximum absolute atomic E-state index is 12.6. The van der Waals surface area contributed by atoms with Crippen LogP contribution in [-0.4, -0.2) is 20.3 Å². The van der Waals surface area contributed by atoms with Crippen LogP contribution in [-0.2, 0) is 12.7 Å². The van der Waals surface area contributed by atoms with Gasteiger partial charge in [-0.25, -0.2) is 14.8 Å². The quantitative estimate of drug-likeness (QED) is 0.398. The van der Waals surface area contributed by atoms with Gasteiger partial charge in [0.15, 0.2) is 10.7 Å².